The maximum absolute atomic E-state index is 13.5. The lowest BCUT2D eigenvalue weighted by atomic mass is 9.97. The number of piperidine rings is 1. The number of nitrogens with zero attached hydrogens (tertiary/aromatic N) is 4. The number of thiophene rings is 1. The molecule has 0 N–H and O–H groups in total. The van der Waals surface area contributed by atoms with Gasteiger partial charge in [-0.3, -0.25) is 4.79 Å². The molecule has 1 aliphatic rings. The molecule has 7 nitrogen and oxygen atoms in total. The van der Waals surface area contributed by atoms with Gasteiger partial charge < -0.3 is 13.9 Å². The molecule has 1 unspecified atom stereocenters. The van der Waals surface area contributed by atoms with Crippen LogP contribution in [-0.2, 0) is 0 Å². The predicted molar refractivity (Wildman–Crippen MR) is 107 cm³/mol. The standard InChI is InChI=1S/C21H17FN4O3S/c22-15-6-1-4-13(10-15)19-23-20(29-25-19)14-5-2-8-26(12-14)21(27)16-11-17(28-24-16)18-7-3-9-30-18/h1,3-4,6-7,9-11,14H,2,5,8,12H2. The van der Waals surface area contributed by atoms with Crippen LogP contribution in [0.4, 0.5) is 4.39 Å². The second kappa shape index (κ2) is 7.83. The van der Waals surface area contributed by atoms with Crippen LogP contribution in [0.2, 0.25) is 0 Å². The Morgan fingerprint density at radius 2 is 2.10 bits per heavy atom. The van der Waals surface area contributed by atoms with Crippen molar-refractivity contribution < 1.29 is 18.2 Å². The van der Waals surface area contributed by atoms with Crippen LogP contribution in [0.1, 0.15) is 35.1 Å². The third kappa shape index (κ3) is 3.63. The van der Waals surface area contributed by atoms with E-state index in [0.29, 0.717) is 36.1 Å². The number of carbonyl (C=O) groups excluding carboxylic acids is 1. The zero-order valence-electron chi connectivity index (χ0n) is 15.8. The highest BCUT2D eigenvalue weighted by Gasteiger charge is 2.30. The number of aromatic nitrogens is 3. The highest BCUT2D eigenvalue weighted by atomic mass is 32.1. The van der Waals surface area contributed by atoms with Crippen LogP contribution in [0.25, 0.3) is 22.0 Å². The Hall–Kier alpha value is -3.33. The van der Waals surface area contributed by atoms with Gasteiger partial charge >= 0.3 is 0 Å². The summed E-state index contributed by atoms with van der Waals surface area (Å²) >= 11 is 1.53. The first kappa shape index (κ1) is 18.7. The van der Waals surface area contributed by atoms with Crippen LogP contribution in [-0.4, -0.2) is 39.2 Å². The highest BCUT2D eigenvalue weighted by Crippen LogP contribution is 2.30. The number of hydrogen-bond donors (Lipinski definition) is 0. The molecule has 1 amide bonds. The van der Waals surface area contributed by atoms with Gasteiger partial charge in [0, 0.05) is 24.7 Å². The molecule has 30 heavy (non-hydrogen) atoms. The summed E-state index contributed by atoms with van der Waals surface area (Å²) in [4.78, 5) is 20.0. The van der Waals surface area contributed by atoms with E-state index in [1.807, 2.05) is 17.5 Å². The quantitative estimate of drug-likeness (QED) is 0.476. The number of likely N-dealkylation sites (tertiary alicyclic amines) is 1. The third-order valence-corrected chi connectivity index (χ3v) is 5.96. The normalized spacial score (nSPS) is 16.7. The minimum atomic E-state index is -0.359. The summed E-state index contributed by atoms with van der Waals surface area (Å²) in [5.74, 6) is 0.745. The lowest BCUT2D eigenvalue weighted by molar-refractivity contribution is 0.0685. The lowest BCUT2D eigenvalue weighted by Crippen LogP contribution is -2.39. The van der Waals surface area contributed by atoms with Crippen LogP contribution in [0.3, 0.4) is 0 Å². The van der Waals surface area contributed by atoms with Crippen molar-refractivity contribution >= 4 is 17.2 Å². The van der Waals surface area contributed by atoms with E-state index in [4.69, 9.17) is 9.05 Å². The van der Waals surface area contributed by atoms with Gasteiger partial charge in [-0.25, -0.2) is 4.39 Å². The second-order valence-corrected chi connectivity index (χ2v) is 8.06. The van der Waals surface area contributed by atoms with Crippen molar-refractivity contribution in [3.63, 3.8) is 0 Å². The van der Waals surface area contributed by atoms with Crippen LogP contribution >= 0.6 is 11.3 Å². The fourth-order valence-electron chi connectivity index (χ4n) is 3.58. The van der Waals surface area contributed by atoms with E-state index in [9.17, 15) is 9.18 Å². The first-order valence-corrected chi connectivity index (χ1v) is 10.4. The van der Waals surface area contributed by atoms with E-state index in [2.05, 4.69) is 15.3 Å². The van der Waals surface area contributed by atoms with Gasteiger partial charge in [-0.15, -0.1) is 11.3 Å². The molecule has 1 aliphatic heterocycles. The van der Waals surface area contributed by atoms with Crippen LogP contribution in [0.5, 0.6) is 0 Å². The number of carbonyl (C=O) groups is 1. The summed E-state index contributed by atoms with van der Waals surface area (Å²) in [6.45, 7) is 1.08. The zero-order valence-corrected chi connectivity index (χ0v) is 16.6. The average Bonchev–Trinajstić information content (AvgIpc) is 3.54. The van der Waals surface area contributed by atoms with Crippen molar-refractivity contribution in [1.29, 1.82) is 0 Å². The molecule has 9 heteroatoms. The molecular weight excluding hydrogens is 407 g/mol. The van der Waals surface area contributed by atoms with Crippen LogP contribution < -0.4 is 0 Å². The predicted octanol–water partition coefficient (Wildman–Crippen LogP) is 4.61. The first-order valence-electron chi connectivity index (χ1n) is 9.57. The van der Waals surface area contributed by atoms with E-state index >= 15 is 0 Å². The highest BCUT2D eigenvalue weighted by molar-refractivity contribution is 7.13. The molecule has 0 radical (unpaired) electrons. The zero-order chi connectivity index (χ0) is 20.5. The summed E-state index contributed by atoms with van der Waals surface area (Å²) < 4.78 is 24.2. The van der Waals surface area contributed by atoms with Gasteiger partial charge in [0.2, 0.25) is 11.7 Å². The minimum absolute atomic E-state index is 0.0822. The maximum Gasteiger partial charge on any atom is 0.276 e. The number of rotatable bonds is 4. The molecule has 5 rings (SSSR count). The van der Waals surface area contributed by atoms with Crippen LogP contribution in [0.15, 0.2) is 56.9 Å². The summed E-state index contributed by atoms with van der Waals surface area (Å²) in [6.07, 6.45) is 1.64. The molecule has 0 aliphatic carbocycles. The molecule has 0 bridgehead atoms. The van der Waals surface area contributed by atoms with Gasteiger partial charge in [0.15, 0.2) is 11.5 Å². The summed E-state index contributed by atoms with van der Waals surface area (Å²) in [5, 5.41) is 9.87. The second-order valence-electron chi connectivity index (χ2n) is 7.11. The van der Waals surface area contributed by atoms with Crippen LogP contribution in [0, 0.1) is 5.82 Å². The van der Waals surface area contributed by atoms with Crippen molar-refractivity contribution in [2.24, 2.45) is 0 Å². The Morgan fingerprint density at radius 3 is 2.93 bits per heavy atom. The van der Waals surface area contributed by atoms with E-state index in [1.165, 1.54) is 23.5 Å². The molecular formula is C21H17FN4O3S. The molecule has 3 aromatic heterocycles. The molecule has 152 valence electrons. The Labute approximate surface area is 175 Å². The van der Waals surface area contributed by atoms with Gasteiger partial charge in [0.25, 0.3) is 5.91 Å². The maximum atomic E-state index is 13.5. The van der Waals surface area contributed by atoms with Gasteiger partial charge in [-0.2, -0.15) is 4.98 Å². The smallest absolute Gasteiger partial charge is 0.276 e. The van der Waals surface area contributed by atoms with Gasteiger partial charge in [-0.05, 0) is 36.4 Å². The third-order valence-electron chi connectivity index (χ3n) is 5.08. The van der Waals surface area contributed by atoms with Crippen molar-refractivity contribution in [1.82, 2.24) is 20.2 Å². The Kier molecular flexibility index (Phi) is 4.88. The summed E-state index contributed by atoms with van der Waals surface area (Å²) in [6, 6.07) is 11.6. The van der Waals surface area contributed by atoms with Crippen molar-refractivity contribution in [3.05, 3.63) is 65.2 Å². The van der Waals surface area contributed by atoms with Gasteiger partial charge in [-0.1, -0.05) is 28.5 Å². The largest absolute Gasteiger partial charge is 0.355 e. The topological polar surface area (TPSA) is 85.3 Å². The Morgan fingerprint density at radius 1 is 1.17 bits per heavy atom. The van der Waals surface area contributed by atoms with Crippen molar-refractivity contribution in [2.45, 2.75) is 18.8 Å². The fraction of sp³-hybridized carbons (Fsp3) is 0.238. The van der Waals surface area contributed by atoms with Crippen molar-refractivity contribution in [2.75, 3.05) is 13.1 Å². The molecule has 0 spiro atoms. The first-order chi connectivity index (χ1) is 14.7. The molecule has 0 saturated carbocycles. The number of halogens is 1. The average molecular weight is 424 g/mol. The monoisotopic (exact) mass is 424 g/mol. The molecule has 1 atom stereocenters. The number of hydrogen-bond acceptors (Lipinski definition) is 7. The molecule has 4 aromatic rings. The van der Waals surface area contributed by atoms with E-state index in [0.717, 1.165) is 17.7 Å². The van der Waals surface area contributed by atoms with E-state index in [1.54, 1.807) is 23.1 Å². The number of benzene rings is 1. The summed E-state index contributed by atoms with van der Waals surface area (Å²) in [5.41, 5.74) is 0.836. The van der Waals surface area contributed by atoms with Gasteiger partial charge in [0.1, 0.15) is 5.82 Å². The minimum Gasteiger partial charge on any atom is -0.355 e. The fourth-order valence-corrected chi connectivity index (χ4v) is 4.26. The Bertz CT molecular complexity index is 1170. The van der Waals surface area contributed by atoms with E-state index < -0.39 is 0 Å². The molecule has 4 heterocycles. The molecule has 1 fully saturated rings. The summed E-state index contributed by atoms with van der Waals surface area (Å²) in [7, 11) is 0. The Balaban J connectivity index is 1.31. The molecule has 1 aromatic carbocycles. The van der Waals surface area contributed by atoms with Crippen molar-refractivity contribution in [3.8, 4) is 22.0 Å². The SMILES string of the molecule is O=C(c1cc(-c2cccs2)on1)N1CCCC(c2nc(-c3cccc(F)c3)no2)C1. The van der Waals surface area contributed by atoms with Gasteiger partial charge in [0.05, 0.1) is 10.8 Å². The number of amides is 1. The van der Waals surface area contributed by atoms with E-state index in [-0.39, 0.29) is 23.3 Å². The lowest BCUT2D eigenvalue weighted by Gasteiger charge is -2.30. The molecule has 1 saturated heterocycles.